The Morgan fingerprint density at radius 3 is 2.57 bits per heavy atom. The van der Waals surface area contributed by atoms with Gasteiger partial charge in [-0.25, -0.2) is 4.79 Å². The summed E-state index contributed by atoms with van der Waals surface area (Å²) >= 11 is 0. The lowest BCUT2D eigenvalue weighted by atomic mass is 9.80. The van der Waals surface area contributed by atoms with E-state index < -0.39 is 5.97 Å². The van der Waals surface area contributed by atoms with Gasteiger partial charge < -0.3 is 14.8 Å². The first-order valence-electron chi connectivity index (χ1n) is 7.90. The number of hydrogen-bond acceptors (Lipinski definition) is 4. The van der Waals surface area contributed by atoms with Gasteiger partial charge in [0.15, 0.2) is 6.61 Å². The van der Waals surface area contributed by atoms with Crippen LogP contribution < -0.4 is 10.1 Å². The van der Waals surface area contributed by atoms with Crippen molar-refractivity contribution in [3.05, 3.63) is 24.3 Å². The average Bonchev–Trinajstić information content (AvgIpc) is 2.44. The fourth-order valence-electron chi connectivity index (χ4n) is 1.80. The molecule has 1 unspecified atom stereocenters. The molecule has 23 heavy (non-hydrogen) atoms. The van der Waals surface area contributed by atoms with E-state index in [0.717, 1.165) is 0 Å². The third-order valence-corrected chi connectivity index (χ3v) is 3.75. The third-order valence-electron chi connectivity index (χ3n) is 3.75. The Balaban J connectivity index is 2.56. The summed E-state index contributed by atoms with van der Waals surface area (Å²) in [6, 6.07) is 6.98. The normalized spacial score (nSPS) is 12.4. The molecular formula is C18H27NO4. The van der Waals surface area contributed by atoms with Crippen molar-refractivity contribution in [2.45, 2.75) is 41.0 Å². The molecular weight excluding hydrogens is 294 g/mol. The van der Waals surface area contributed by atoms with Crippen molar-refractivity contribution < 1.29 is 19.1 Å². The van der Waals surface area contributed by atoms with Crippen LogP contribution in [0.2, 0.25) is 0 Å². The maximum atomic E-state index is 12.1. The summed E-state index contributed by atoms with van der Waals surface area (Å²) in [5.74, 6) is 0.335. The highest BCUT2D eigenvalue weighted by Gasteiger charge is 2.22. The number of carbonyl (C=O) groups is 2. The van der Waals surface area contributed by atoms with Gasteiger partial charge in [-0.1, -0.05) is 33.8 Å². The molecule has 0 spiro atoms. The van der Waals surface area contributed by atoms with Gasteiger partial charge in [0.2, 0.25) is 5.91 Å². The maximum Gasteiger partial charge on any atom is 0.344 e. The van der Waals surface area contributed by atoms with E-state index in [1.807, 2.05) is 0 Å². The van der Waals surface area contributed by atoms with Crippen molar-refractivity contribution in [1.82, 2.24) is 0 Å². The number of ether oxygens (including phenoxy) is 2. The number of benzene rings is 1. The van der Waals surface area contributed by atoms with E-state index in [-0.39, 0.29) is 23.8 Å². The Bertz CT molecular complexity index is 534. The highest BCUT2D eigenvalue weighted by Crippen LogP contribution is 2.28. The van der Waals surface area contributed by atoms with Crippen molar-refractivity contribution in [3.8, 4) is 5.75 Å². The number of amides is 1. The molecule has 0 saturated heterocycles. The largest absolute Gasteiger partial charge is 0.482 e. The molecule has 0 heterocycles. The average molecular weight is 321 g/mol. The molecule has 0 saturated carbocycles. The highest BCUT2D eigenvalue weighted by molar-refractivity contribution is 5.91. The summed E-state index contributed by atoms with van der Waals surface area (Å²) < 4.78 is 10.2. The molecule has 0 bridgehead atoms. The zero-order valence-electron chi connectivity index (χ0n) is 14.6. The van der Waals surface area contributed by atoms with Crippen LogP contribution in [0.15, 0.2) is 24.3 Å². The van der Waals surface area contributed by atoms with Gasteiger partial charge in [-0.2, -0.15) is 0 Å². The Hall–Kier alpha value is -2.04. The summed E-state index contributed by atoms with van der Waals surface area (Å²) in [7, 11) is 0. The predicted molar refractivity (Wildman–Crippen MR) is 90.4 cm³/mol. The molecule has 0 fully saturated rings. The van der Waals surface area contributed by atoms with E-state index in [0.29, 0.717) is 24.5 Å². The van der Waals surface area contributed by atoms with E-state index in [4.69, 9.17) is 9.47 Å². The van der Waals surface area contributed by atoms with Crippen LogP contribution in [0.5, 0.6) is 5.75 Å². The van der Waals surface area contributed by atoms with Crippen LogP contribution >= 0.6 is 0 Å². The van der Waals surface area contributed by atoms with Gasteiger partial charge in [0.1, 0.15) is 5.75 Å². The predicted octanol–water partition coefficient (Wildman–Crippen LogP) is 3.64. The summed E-state index contributed by atoms with van der Waals surface area (Å²) in [5, 5.41) is 2.86. The van der Waals surface area contributed by atoms with Gasteiger partial charge in [-0.3, -0.25) is 4.79 Å². The smallest absolute Gasteiger partial charge is 0.344 e. The number of hydrogen-bond donors (Lipinski definition) is 1. The summed E-state index contributed by atoms with van der Waals surface area (Å²) in [6.45, 7) is 10.3. The lowest BCUT2D eigenvalue weighted by molar-refractivity contribution is -0.145. The van der Waals surface area contributed by atoms with Crippen LogP contribution in [0.4, 0.5) is 5.69 Å². The molecule has 1 atom stereocenters. The van der Waals surface area contributed by atoms with Crippen molar-refractivity contribution >= 4 is 17.6 Å². The van der Waals surface area contributed by atoms with Gasteiger partial charge >= 0.3 is 5.97 Å². The lowest BCUT2D eigenvalue weighted by Gasteiger charge is -2.26. The second-order valence-electron chi connectivity index (χ2n) is 6.64. The van der Waals surface area contributed by atoms with Gasteiger partial charge in [-0.15, -0.1) is 0 Å². The fraction of sp³-hybridized carbons (Fsp3) is 0.556. The molecule has 0 radical (unpaired) electrons. The Labute approximate surface area is 138 Å². The van der Waals surface area contributed by atoms with E-state index >= 15 is 0 Å². The molecule has 1 amide bonds. The molecule has 1 aromatic carbocycles. The number of rotatable bonds is 7. The minimum atomic E-state index is -0.416. The molecule has 5 nitrogen and oxygen atoms in total. The third kappa shape index (κ3) is 7.17. The minimum Gasteiger partial charge on any atom is -0.482 e. The van der Waals surface area contributed by atoms with Crippen molar-refractivity contribution in [3.63, 3.8) is 0 Å². The topological polar surface area (TPSA) is 64.6 Å². The quantitative estimate of drug-likeness (QED) is 0.779. The van der Waals surface area contributed by atoms with Crippen LogP contribution in [0.3, 0.4) is 0 Å². The van der Waals surface area contributed by atoms with Crippen molar-refractivity contribution in [2.24, 2.45) is 11.3 Å². The number of nitrogens with one attached hydrogen (secondary N) is 1. The highest BCUT2D eigenvalue weighted by atomic mass is 16.6. The minimum absolute atomic E-state index is 0.0324. The first-order chi connectivity index (χ1) is 10.7. The summed E-state index contributed by atoms with van der Waals surface area (Å²) in [4.78, 5) is 23.4. The molecule has 1 rings (SSSR count). The Kier molecular flexibility index (Phi) is 7.07. The molecule has 128 valence electrons. The standard InChI is InChI=1S/C18H27NO4/c1-6-22-17(21)12-23-15-9-7-8-14(11-15)19-16(20)10-13(2)18(3,4)5/h7-9,11,13H,6,10,12H2,1-5H3,(H,19,20). The van der Waals surface area contributed by atoms with E-state index in [9.17, 15) is 9.59 Å². The first kappa shape index (κ1) is 19.0. The van der Waals surface area contributed by atoms with Crippen LogP contribution in [0, 0.1) is 11.3 Å². The SMILES string of the molecule is CCOC(=O)COc1cccc(NC(=O)CC(C)C(C)(C)C)c1. The maximum absolute atomic E-state index is 12.1. The van der Waals surface area contributed by atoms with Gasteiger partial charge in [0.05, 0.1) is 6.61 Å². The molecule has 1 N–H and O–H groups in total. The molecule has 0 aliphatic rings. The summed E-state index contributed by atoms with van der Waals surface area (Å²) in [5.41, 5.74) is 0.736. The number of anilines is 1. The molecule has 5 heteroatoms. The van der Waals surface area contributed by atoms with Crippen LogP contribution in [-0.2, 0) is 14.3 Å². The van der Waals surface area contributed by atoms with Gasteiger partial charge in [0, 0.05) is 18.2 Å². The Morgan fingerprint density at radius 2 is 1.96 bits per heavy atom. The van der Waals surface area contributed by atoms with Gasteiger partial charge in [-0.05, 0) is 30.4 Å². The molecule has 0 aromatic heterocycles. The van der Waals surface area contributed by atoms with Crippen LogP contribution in [-0.4, -0.2) is 25.1 Å². The zero-order valence-corrected chi connectivity index (χ0v) is 14.6. The van der Waals surface area contributed by atoms with Gasteiger partial charge in [0.25, 0.3) is 0 Å². The Morgan fingerprint density at radius 1 is 1.26 bits per heavy atom. The fourth-order valence-corrected chi connectivity index (χ4v) is 1.80. The van der Waals surface area contributed by atoms with E-state index in [1.165, 1.54) is 0 Å². The number of carbonyl (C=O) groups excluding carboxylic acids is 2. The molecule has 0 aliphatic carbocycles. The second-order valence-corrected chi connectivity index (χ2v) is 6.64. The van der Waals surface area contributed by atoms with Crippen molar-refractivity contribution in [1.29, 1.82) is 0 Å². The van der Waals surface area contributed by atoms with E-state index in [2.05, 4.69) is 33.0 Å². The summed E-state index contributed by atoms with van der Waals surface area (Å²) in [6.07, 6.45) is 0.456. The lowest BCUT2D eigenvalue weighted by Crippen LogP contribution is -2.23. The zero-order chi connectivity index (χ0) is 17.5. The van der Waals surface area contributed by atoms with Crippen LogP contribution in [0.1, 0.15) is 41.0 Å². The molecule has 0 aliphatic heterocycles. The first-order valence-corrected chi connectivity index (χ1v) is 7.90. The monoisotopic (exact) mass is 321 g/mol. The molecule has 1 aromatic rings. The van der Waals surface area contributed by atoms with Crippen LogP contribution in [0.25, 0.3) is 0 Å². The van der Waals surface area contributed by atoms with Crippen molar-refractivity contribution in [2.75, 3.05) is 18.5 Å². The second kappa shape index (κ2) is 8.56. The number of esters is 1. The van der Waals surface area contributed by atoms with E-state index in [1.54, 1.807) is 31.2 Å².